The van der Waals surface area contributed by atoms with Gasteiger partial charge in [-0.15, -0.1) is 0 Å². The summed E-state index contributed by atoms with van der Waals surface area (Å²) in [6.45, 7) is 7.91. The van der Waals surface area contributed by atoms with E-state index < -0.39 is 23.6 Å². The summed E-state index contributed by atoms with van der Waals surface area (Å²) in [6, 6.07) is -0.559. The maximum atomic E-state index is 11.7. The van der Waals surface area contributed by atoms with E-state index in [1.165, 1.54) is 4.90 Å². The number of hydroxylamine groups is 2. The van der Waals surface area contributed by atoms with Gasteiger partial charge in [-0.3, -0.25) is 10.0 Å². The van der Waals surface area contributed by atoms with Crippen molar-refractivity contribution >= 4 is 12.0 Å². The highest BCUT2D eigenvalue weighted by molar-refractivity contribution is 5.75. The summed E-state index contributed by atoms with van der Waals surface area (Å²) >= 11 is 0. The second kappa shape index (κ2) is 5.14. The van der Waals surface area contributed by atoms with Gasteiger partial charge in [0.25, 0.3) is 0 Å². The number of hydrogen-bond donors (Lipinski definition) is 1. The number of rotatable bonds is 3. The molecule has 1 fully saturated rings. The van der Waals surface area contributed by atoms with Gasteiger partial charge in [-0.05, 0) is 5.92 Å². The van der Waals surface area contributed by atoms with Crippen molar-refractivity contribution < 1.29 is 19.5 Å². The predicted molar refractivity (Wildman–Crippen MR) is 64.8 cm³/mol. The lowest BCUT2D eigenvalue weighted by Crippen LogP contribution is -2.61. The molecule has 0 saturated carbocycles. The van der Waals surface area contributed by atoms with E-state index in [0.29, 0.717) is 11.6 Å². The molecule has 1 heterocycles. The number of carbonyl (C=O) groups excluding carboxylic acids is 2. The fraction of sp³-hybridized carbons (Fsp3) is 0.833. The van der Waals surface area contributed by atoms with Crippen LogP contribution in [0.2, 0.25) is 0 Å². The first kappa shape index (κ1) is 14.8. The fourth-order valence-electron chi connectivity index (χ4n) is 2.08. The third-order valence-electron chi connectivity index (χ3n) is 2.88. The molecule has 0 aromatic rings. The molecule has 18 heavy (non-hydrogen) atoms. The molecular formula is C12H22N2O4. The number of urea groups is 1. The van der Waals surface area contributed by atoms with Crippen LogP contribution >= 0.6 is 0 Å². The van der Waals surface area contributed by atoms with Crippen LogP contribution in [0.25, 0.3) is 0 Å². The van der Waals surface area contributed by atoms with E-state index in [1.807, 2.05) is 27.7 Å². The summed E-state index contributed by atoms with van der Waals surface area (Å²) < 4.78 is 5.24. The standard InChI is InChI=1S/C12H22N2O4/c1-8(2)6-9(15)18-10-12(3,4)7-13(5)11(16)14(10)17/h8,10,17H,6-7H2,1-5H3. The topological polar surface area (TPSA) is 70.1 Å². The van der Waals surface area contributed by atoms with Gasteiger partial charge in [-0.25, -0.2) is 4.79 Å². The van der Waals surface area contributed by atoms with Crippen molar-refractivity contribution in [3.63, 3.8) is 0 Å². The van der Waals surface area contributed by atoms with Gasteiger partial charge >= 0.3 is 12.0 Å². The normalized spacial score (nSPS) is 23.5. The van der Waals surface area contributed by atoms with Crippen LogP contribution in [-0.4, -0.2) is 47.0 Å². The predicted octanol–water partition coefficient (Wildman–Crippen LogP) is 1.68. The molecule has 0 aromatic heterocycles. The highest BCUT2D eigenvalue weighted by Crippen LogP contribution is 2.31. The monoisotopic (exact) mass is 258 g/mol. The largest absolute Gasteiger partial charge is 0.438 e. The van der Waals surface area contributed by atoms with Crippen molar-refractivity contribution in [3.8, 4) is 0 Å². The second-order valence-electron chi connectivity index (χ2n) is 5.91. The van der Waals surface area contributed by atoms with Crippen LogP contribution in [-0.2, 0) is 9.53 Å². The minimum atomic E-state index is -0.938. The molecule has 104 valence electrons. The van der Waals surface area contributed by atoms with Crippen molar-refractivity contribution in [2.24, 2.45) is 11.3 Å². The molecule has 0 bridgehead atoms. The van der Waals surface area contributed by atoms with Crippen LogP contribution in [0.15, 0.2) is 0 Å². The Morgan fingerprint density at radius 1 is 1.56 bits per heavy atom. The number of hydrogen-bond acceptors (Lipinski definition) is 4. The van der Waals surface area contributed by atoms with E-state index in [0.717, 1.165) is 0 Å². The summed E-state index contributed by atoms with van der Waals surface area (Å²) in [6.07, 6.45) is -0.669. The van der Waals surface area contributed by atoms with Crippen LogP contribution < -0.4 is 0 Å². The van der Waals surface area contributed by atoms with Gasteiger partial charge in [0.05, 0.1) is 0 Å². The zero-order valence-corrected chi connectivity index (χ0v) is 11.6. The Balaban J connectivity index is 2.78. The number of esters is 1. The zero-order valence-electron chi connectivity index (χ0n) is 11.6. The lowest BCUT2D eigenvalue weighted by Gasteiger charge is -2.45. The van der Waals surface area contributed by atoms with Crippen molar-refractivity contribution in [1.82, 2.24) is 9.96 Å². The molecular weight excluding hydrogens is 236 g/mol. The van der Waals surface area contributed by atoms with Crippen LogP contribution in [0.1, 0.15) is 34.1 Å². The maximum absolute atomic E-state index is 11.7. The van der Waals surface area contributed by atoms with Crippen molar-refractivity contribution in [3.05, 3.63) is 0 Å². The molecule has 6 nitrogen and oxygen atoms in total. The van der Waals surface area contributed by atoms with Crippen molar-refractivity contribution in [2.75, 3.05) is 13.6 Å². The molecule has 6 heteroatoms. The fourth-order valence-corrected chi connectivity index (χ4v) is 2.08. The van der Waals surface area contributed by atoms with E-state index in [9.17, 15) is 14.8 Å². The average molecular weight is 258 g/mol. The summed E-state index contributed by atoms with van der Waals surface area (Å²) in [4.78, 5) is 24.7. The Kier molecular flexibility index (Phi) is 4.21. The molecule has 1 saturated heterocycles. The first-order chi connectivity index (χ1) is 8.15. The number of carbonyl (C=O) groups is 2. The smallest absolute Gasteiger partial charge is 0.346 e. The van der Waals surface area contributed by atoms with E-state index in [4.69, 9.17) is 4.74 Å². The van der Waals surface area contributed by atoms with E-state index in [2.05, 4.69) is 0 Å². The third kappa shape index (κ3) is 3.13. The van der Waals surface area contributed by atoms with E-state index in [1.54, 1.807) is 7.05 Å². The van der Waals surface area contributed by atoms with Crippen molar-refractivity contribution in [1.29, 1.82) is 0 Å². The van der Waals surface area contributed by atoms with Gasteiger partial charge in [0.1, 0.15) is 0 Å². The second-order valence-corrected chi connectivity index (χ2v) is 5.91. The Morgan fingerprint density at radius 3 is 2.61 bits per heavy atom. The maximum Gasteiger partial charge on any atom is 0.346 e. The molecule has 0 spiro atoms. The van der Waals surface area contributed by atoms with Gasteiger partial charge in [0.2, 0.25) is 6.23 Å². The quantitative estimate of drug-likeness (QED) is 0.617. The summed E-state index contributed by atoms with van der Waals surface area (Å²) in [7, 11) is 1.60. The Bertz CT molecular complexity index is 341. The lowest BCUT2D eigenvalue weighted by atomic mass is 9.88. The highest BCUT2D eigenvalue weighted by Gasteiger charge is 2.46. The Morgan fingerprint density at radius 2 is 2.11 bits per heavy atom. The molecule has 1 rings (SSSR count). The average Bonchev–Trinajstić information content (AvgIpc) is 2.20. The third-order valence-corrected chi connectivity index (χ3v) is 2.88. The summed E-state index contributed by atoms with van der Waals surface area (Å²) in [5, 5.41) is 10.3. The van der Waals surface area contributed by atoms with Crippen LogP contribution in [0.4, 0.5) is 4.79 Å². The van der Waals surface area contributed by atoms with E-state index in [-0.39, 0.29) is 12.3 Å². The van der Waals surface area contributed by atoms with E-state index >= 15 is 0 Å². The van der Waals surface area contributed by atoms with Gasteiger partial charge in [-0.2, -0.15) is 5.06 Å². The molecule has 2 amide bonds. The van der Waals surface area contributed by atoms with Gasteiger partial charge < -0.3 is 9.64 Å². The van der Waals surface area contributed by atoms with Crippen molar-refractivity contribution in [2.45, 2.75) is 40.3 Å². The Hall–Kier alpha value is -1.30. The Labute approximate surface area is 107 Å². The number of ether oxygens (including phenoxy) is 1. The van der Waals surface area contributed by atoms with Gasteiger partial charge in [0.15, 0.2) is 0 Å². The minimum absolute atomic E-state index is 0.176. The molecule has 0 aromatic carbocycles. The summed E-state index contributed by atoms with van der Waals surface area (Å²) in [5.41, 5.74) is -0.524. The lowest BCUT2D eigenvalue weighted by molar-refractivity contribution is -0.237. The first-order valence-electron chi connectivity index (χ1n) is 6.08. The minimum Gasteiger partial charge on any atom is -0.438 e. The number of amides is 2. The number of nitrogens with zero attached hydrogens (tertiary/aromatic N) is 2. The van der Waals surface area contributed by atoms with Crippen LogP contribution in [0.5, 0.6) is 0 Å². The summed E-state index contributed by atoms with van der Waals surface area (Å²) in [5.74, 6) is -0.228. The molecule has 1 unspecified atom stereocenters. The van der Waals surface area contributed by atoms with Gasteiger partial charge in [-0.1, -0.05) is 27.7 Å². The SMILES string of the molecule is CC(C)CC(=O)OC1N(O)C(=O)N(C)CC1(C)C. The van der Waals surface area contributed by atoms with Crippen LogP contribution in [0.3, 0.4) is 0 Å². The van der Waals surface area contributed by atoms with Gasteiger partial charge in [0, 0.05) is 25.4 Å². The molecule has 1 atom stereocenters. The highest BCUT2D eigenvalue weighted by atomic mass is 16.6. The van der Waals surface area contributed by atoms with Crippen LogP contribution in [0, 0.1) is 11.3 Å². The molecule has 0 radical (unpaired) electrons. The zero-order chi connectivity index (χ0) is 14.1. The molecule has 1 aliphatic rings. The molecule has 1 N–H and O–H groups in total. The molecule has 1 aliphatic heterocycles. The first-order valence-corrected chi connectivity index (χ1v) is 6.08. The molecule has 0 aliphatic carbocycles.